The van der Waals surface area contributed by atoms with Gasteiger partial charge in [0.15, 0.2) is 0 Å². The molecule has 122 valence electrons. The van der Waals surface area contributed by atoms with Crippen LogP contribution in [0.1, 0.15) is 82.1 Å². The summed E-state index contributed by atoms with van der Waals surface area (Å²) >= 11 is 0. The maximum absolute atomic E-state index is 2.45. The van der Waals surface area contributed by atoms with Crippen molar-refractivity contribution in [1.82, 2.24) is 0 Å². The van der Waals surface area contributed by atoms with E-state index in [0.717, 1.165) is 47.3 Å². The van der Waals surface area contributed by atoms with Crippen molar-refractivity contribution in [2.24, 2.45) is 47.3 Å². The second-order valence-corrected chi connectivity index (χ2v) is 8.90. The molecule has 2 atom stereocenters. The van der Waals surface area contributed by atoms with Gasteiger partial charge in [-0.3, -0.25) is 0 Å². The van der Waals surface area contributed by atoms with Crippen LogP contribution in [0.15, 0.2) is 0 Å². The summed E-state index contributed by atoms with van der Waals surface area (Å²) in [5, 5.41) is 0. The molecule has 0 fully saturated rings. The molecule has 0 radical (unpaired) electrons. The van der Waals surface area contributed by atoms with Crippen LogP contribution in [0.2, 0.25) is 0 Å². The first-order valence-electron chi connectivity index (χ1n) is 9.07. The highest BCUT2D eigenvalue weighted by Crippen LogP contribution is 2.42. The van der Waals surface area contributed by atoms with Gasteiger partial charge in [-0.05, 0) is 60.2 Å². The molecule has 0 heterocycles. The second-order valence-electron chi connectivity index (χ2n) is 8.90. The van der Waals surface area contributed by atoms with E-state index >= 15 is 0 Å². The molecule has 0 bridgehead atoms. The molecule has 0 aliphatic carbocycles. The molecule has 0 nitrogen and oxygen atoms in total. The third kappa shape index (κ3) is 6.64. The SMILES string of the molecule is CC(C)CC(C(C)C)C(C(C)C)C(CC(C)C)C(C)C. The van der Waals surface area contributed by atoms with Gasteiger partial charge in [-0.25, -0.2) is 0 Å². The van der Waals surface area contributed by atoms with Crippen LogP contribution >= 0.6 is 0 Å². The van der Waals surface area contributed by atoms with E-state index in [9.17, 15) is 0 Å². The van der Waals surface area contributed by atoms with Crippen LogP contribution in [0.25, 0.3) is 0 Å². The summed E-state index contributed by atoms with van der Waals surface area (Å²) in [6.07, 6.45) is 2.78. The Morgan fingerprint density at radius 3 is 0.900 bits per heavy atom. The molecule has 2 unspecified atom stereocenters. The van der Waals surface area contributed by atoms with E-state index < -0.39 is 0 Å². The van der Waals surface area contributed by atoms with Crippen LogP contribution in [0, 0.1) is 47.3 Å². The summed E-state index contributed by atoms with van der Waals surface area (Å²) < 4.78 is 0. The molecular weight excluding hydrogens is 240 g/mol. The van der Waals surface area contributed by atoms with Crippen molar-refractivity contribution >= 4 is 0 Å². The fourth-order valence-corrected chi connectivity index (χ4v) is 4.14. The topological polar surface area (TPSA) is 0 Å². The number of hydrogen-bond acceptors (Lipinski definition) is 0. The van der Waals surface area contributed by atoms with Gasteiger partial charge in [0.1, 0.15) is 0 Å². The summed E-state index contributed by atoms with van der Waals surface area (Å²) in [7, 11) is 0. The molecular formula is C20H42. The second kappa shape index (κ2) is 9.11. The predicted octanol–water partition coefficient (Wildman–Crippen LogP) is 6.90. The number of rotatable bonds is 9. The van der Waals surface area contributed by atoms with Crippen molar-refractivity contribution in [2.45, 2.75) is 82.1 Å². The van der Waals surface area contributed by atoms with Crippen LogP contribution in [-0.2, 0) is 0 Å². The minimum Gasteiger partial charge on any atom is -0.0628 e. The van der Waals surface area contributed by atoms with Crippen molar-refractivity contribution < 1.29 is 0 Å². The molecule has 0 aliphatic rings. The molecule has 0 heteroatoms. The van der Waals surface area contributed by atoms with E-state index in [2.05, 4.69) is 69.2 Å². The Hall–Kier alpha value is 0. The summed E-state index contributed by atoms with van der Waals surface area (Å²) in [6.45, 7) is 24.2. The Morgan fingerprint density at radius 2 is 0.750 bits per heavy atom. The highest BCUT2D eigenvalue weighted by molar-refractivity contribution is 4.84. The van der Waals surface area contributed by atoms with Gasteiger partial charge in [0.05, 0.1) is 0 Å². The van der Waals surface area contributed by atoms with Gasteiger partial charge in [-0.2, -0.15) is 0 Å². The zero-order chi connectivity index (χ0) is 16.0. The van der Waals surface area contributed by atoms with E-state index in [4.69, 9.17) is 0 Å². The van der Waals surface area contributed by atoms with Gasteiger partial charge in [-0.1, -0.05) is 69.2 Å². The minimum absolute atomic E-state index is 0.798. The Kier molecular flexibility index (Phi) is 9.11. The van der Waals surface area contributed by atoms with Crippen molar-refractivity contribution in [3.05, 3.63) is 0 Å². The molecule has 20 heavy (non-hydrogen) atoms. The van der Waals surface area contributed by atoms with Crippen molar-refractivity contribution in [2.75, 3.05) is 0 Å². The summed E-state index contributed by atoms with van der Waals surface area (Å²) in [5.41, 5.74) is 0. The standard InChI is InChI=1S/C20H42/c1-13(2)11-18(15(5)6)20(17(9)10)19(16(7)8)12-14(3)4/h13-20H,11-12H2,1-10H3. The van der Waals surface area contributed by atoms with E-state index in [-0.39, 0.29) is 0 Å². The lowest BCUT2D eigenvalue weighted by Gasteiger charge is -2.42. The van der Waals surface area contributed by atoms with Crippen LogP contribution in [0.4, 0.5) is 0 Å². The maximum atomic E-state index is 2.45. The highest BCUT2D eigenvalue weighted by atomic mass is 14.4. The minimum atomic E-state index is 0.798. The van der Waals surface area contributed by atoms with E-state index in [1.54, 1.807) is 0 Å². The molecule has 0 aromatic rings. The molecule has 0 amide bonds. The zero-order valence-corrected chi connectivity index (χ0v) is 16.0. The summed E-state index contributed by atoms with van der Waals surface area (Å²) in [4.78, 5) is 0. The monoisotopic (exact) mass is 282 g/mol. The third-order valence-electron chi connectivity index (χ3n) is 4.96. The van der Waals surface area contributed by atoms with Gasteiger partial charge in [-0.15, -0.1) is 0 Å². The quantitative estimate of drug-likeness (QED) is 0.431. The third-order valence-corrected chi connectivity index (χ3v) is 4.96. The Bertz CT molecular complexity index is 212. The average molecular weight is 283 g/mol. The molecule has 0 spiro atoms. The first-order valence-corrected chi connectivity index (χ1v) is 9.07. The van der Waals surface area contributed by atoms with Crippen molar-refractivity contribution in [3.63, 3.8) is 0 Å². The molecule has 0 aliphatic heterocycles. The lowest BCUT2D eigenvalue weighted by molar-refractivity contribution is 0.0671. The average Bonchev–Trinajstić information content (AvgIpc) is 2.24. The van der Waals surface area contributed by atoms with E-state index in [1.165, 1.54) is 12.8 Å². The molecule has 0 N–H and O–H groups in total. The largest absolute Gasteiger partial charge is 0.0628 e. The van der Waals surface area contributed by atoms with Crippen LogP contribution in [-0.4, -0.2) is 0 Å². The van der Waals surface area contributed by atoms with Gasteiger partial charge < -0.3 is 0 Å². The molecule has 0 saturated carbocycles. The Morgan fingerprint density at radius 1 is 0.450 bits per heavy atom. The van der Waals surface area contributed by atoms with E-state index in [1.807, 2.05) is 0 Å². The first kappa shape index (κ1) is 20.0. The Balaban J connectivity index is 5.31. The van der Waals surface area contributed by atoms with Crippen molar-refractivity contribution in [1.29, 1.82) is 0 Å². The first-order chi connectivity index (χ1) is 9.07. The normalized spacial score (nSPS) is 17.6. The molecule has 0 aromatic heterocycles. The maximum Gasteiger partial charge on any atom is -0.0329 e. The summed E-state index contributed by atoms with van der Waals surface area (Å²) in [5.74, 6) is 6.66. The summed E-state index contributed by atoms with van der Waals surface area (Å²) in [6, 6.07) is 0. The smallest absolute Gasteiger partial charge is 0.0329 e. The van der Waals surface area contributed by atoms with Crippen LogP contribution < -0.4 is 0 Å². The molecule has 0 rings (SSSR count). The fourth-order valence-electron chi connectivity index (χ4n) is 4.14. The fraction of sp³-hybridized carbons (Fsp3) is 1.00. The zero-order valence-electron chi connectivity index (χ0n) is 16.0. The van der Waals surface area contributed by atoms with Crippen LogP contribution in [0.5, 0.6) is 0 Å². The van der Waals surface area contributed by atoms with E-state index in [0.29, 0.717) is 0 Å². The lowest BCUT2D eigenvalue weighted by Crippen LogP contribution is -2.35. The van der Waals surface area contributed by atoms with Crippen molar-refractivity contribution in [3.8, 4) is 0 Å². The lowest BCUT2D eigenvalue weighted by atomic mass is 9.63. The number of hydrogen-bond donors (Lipinski definition) is 0. The predicted molar refractivity (Wildman–Crippen MR) is 93.9 cm³/mol. The highest BCUT2D eigenvalue weighted by Gasteiger charge is 2.35. The molecule has 0 aromatic carbocycles. The van der Waals surface area contributed by atoms with Gasteiger partial charge in [0.2, 0.25) is 0 Å². The van der Waals surface area contributed by atoms with Crippen LogP contribution in [0.3, 0.4) is 0 Å². The molecule has 0 saturated heterocycles. The Labute approximate surface area is 130 Å². The van der Waals surface area contributed by atoms with Gasteiger partial charge >= 0.3 is 0 Å². The van der Waals surface area contributed by atoms with Gasteiger partial charge in [0.25, 0.3) is 0 Å². The van der Waals surface area contributed by atoms with Gasteiger partial charge in [0, 0.05) is 0 Å².